The number of aromatic hydroxyl groups is 1. The van der Waals surface area contributed by atoms with Crippen LogP contribution < -0.4 is 5.32 Å². The van der Waals surface area contributed by atoms with Crippen LogP contribution in [0.4, 0.5) is 5.69 Å². The molecule has 42 heavy (non-hydrogen) atoms. The standard InChI is InChI=1S/C35H37N5O2/c1-4-30(25-10-8-7-9-11-25)38-34(41)27-14-17-31-29(22-27)32(35(42)39-31)33(26-18-20-36-21-19-26)37-28-15-12-24(13-16-28)23-40(5-2)6-3/h7-22,30,39,42H,4-6,23H2,1-3H3,(H,38,41)/t30-/m1/s1. The monoisotopic (exact) mass is 559 g/mol. The van der Waals surface area contributed by atoms with Gasteiger partial charge in [-0.2, -0.15) is 0 Å². The Morgan fingerprint density at radius 2 is 1.64 bits per heavy atom. The van der Waals surface area contributed by atoms with Crippen LogP contribution in [0.3, 0.4) is 0 Å². The Bertz CT molecular complexity index is 1660. The highest BCUT2D eigenvalue weighted by Crippen LogP contribution is 2.32. The summed E-state index contributed by atoms with van der Waals surface area (Å²) in [4.78, 5) is 28.0. The van der Waals surface area contributed by atoms with Gasteiger partial charge in [-0.05, 0) is 73.1 Å². The minimum Gasteiger partial charge on any atom is -0.494 e. The van der Waals surface area contributed by atoms with Crippen molar-refractivity contribution >= 4 is 28.2 Å². The molecule has 0 radical (unpaired) electrons. The zero-order valence-corrected chi connectivity index (χ0v) is 24.3. The number of pyridine rings is 1. The normalized spacial score (nSPS) is 12.5. The first-order chi connectivity index (χ1) is 20.5. The highest BCUT2D eigenvalue weighted by atomic mass is 16.3. The molecule has 0 aliphatic heterocycles. The fourth-order valence-corrected chi connectivity index (χ4v) is 5.19. The van der Waals surface area contributed by atoms with Crippen molar-refractivity contribution in [2.24, 2.45) is 4.99 Å². The van der Waals surface area contributed by atoms with Crippen LogP contribution in [0.2, 0.25) is 0 Å². The molecule has 0 aliphatic carbocycles. The number of nitrogens with one attached hydrogen (secondary N) is 2. The average Bonchev–Trinajstić information content (AvgIpc) is 3.37. The second-order valence-corrected chi connectivity index (χ2v) is 10.3. The van der Waals surface area contributed by atoms with E-state index in [1.807, 2.05) is 66.7 Å². The molecule has 3 N–H and O–H groups in total. The van der Waals surface area contributed by atoms with Crippen LogP contribution in [0.25, 0.3) is 10.9 Å². The zero-order valence-electron chi connectivity index (χ0n) is 24.3. The summed E-state index contributed by atoms with van der Waals surface area (Å²) < 4.78 is 0. The molecule has 0 fully saturated rings. The van der Waals surface area contributed by atoms with Crippen molar-refractivity contribution in [3.63, 3.8) is 0 Å². The van der Waals surface area contributed by atoms with Gasteiger partial charge in [0.2, 0.25) is 0 Å². The Kier molecular flexibility index (Phi) is 9.09. The lowest BCUT2D eigenvalue weighted by atomic mass is 9.99. The highest BCUT2D eigenvalue weighted by molar-refractivity contribution is 6.22. The molecule has 0 spiro atoms. The maximum atomic E-state index is 13.4. The van der Waals surface area contributed by atoms with Crippen molar-refractivity contribution in [1.82, 2.24) is 20.2 Å². The second kappa shape index (κ2) is 13.3. The van der Waals surface area contributed by atoms with Gasteiger partial charge in [0.1, 0.15) is 0 Å². The molecule has 7 heteroatoms. The van der Waals surface area contributed by atoms with Crippen LogP contribution in [0.5, 0.6) is 5.88 Å². The Morgan fingerprint density at radius 3 is 2.31 bits per heavy atom. The number of nitrogens with zero attached hydrogens (tertiary/aromatic N) is 3. The lowest BCUT2D eigenvalue weighted by Crippen LogP contribution is -2.28. The molecule has 3 aromatic carbocycles. The van der Waals surface area contributed by atoms with Crippen LogP contribution in [-0.4, -0.2) is 44.7 Å². The largest absolute Gasteiger partial charge is 0.494 e. The quantitative estimate of drug-likeness (QED) is 0.150. The van der Waals surface area contributed by atoms with Crippen LogP contribution in [0.1, 0.15) is 65.8 Å². The summed E-state index contributed by atoms with van der Waals surface area (Å²) in [5, 5.41) is 15.0. The van der Waals surface area contributed by atoms with E-state index in [4.69, 9.17) is 4.99 Å². The molecular weight excluding hydrogens is 522 g/mol. The van der Waals surface area contributed by atoms with E-state index in [-0.39, 0.29) is 17.8 Å². The zero-order chi connectivity index (χ0) is 29.5. The number of rotatable bonds is 11. The fourth-order valence-electron chi connectivity index (χ4n) is 5.19. The van der Waals surface area contributed by atoms with Gasteiger partial charge in [-0.15, -0.1) is 0 Å². The smallest absolute Gasteiger partial charge is 0.251 e. The van der Waals surface area contributed by atoms with Gasteiger partial charge in [0.25, 0.3) is 5.91 Å². The second-order valence-electron chi connectivity index (χ2n) is 10.3. The molecule has 2 aromatic heterocycles. The Balaban J connectivity index is 1.53. The van der Waals surface area contributed by atoms with Gasteiger partial charge in [-0.3, -0.25) is 14.7 Å². The van der Waals surface area contributed by atoms with Gasteiger partial charge < -0.3 is 15.4 Å². The van der Waals surface area contributed by atoms with Gasteiger partial charge in [0.05, 0.1) is 23.0 Å². The predicted molar refractivity (Wildman–Crippen MR) is 170 cm³/mol. The van der Waals surface area contributed by atoms with E-state index in [0.717, 1.165) is 42.9 Å². The SMILES string of the molecule is CC[C@@H](NC(=O)c1ccc2[nH]c(O)c(C(=Nc3ccc(CN(CC)CC)cc3)c3ccncc3)c2c1)c1ccccc1. The highest BCUT2D eigenvalue weighted by Gasteiger charge is 2.21. The van der Waals surface area contributed by atoms with Crippen molar-refractivity contribution < 1.29 is 9.90 Å². The van der Waals surface area contributed by atoms with E-state index < -0.39 is 0 Å². The van der Waals surface area contributed by atoms with E-state index in [2.05, 4.69) is 53.1 Å². The summed E-state index contributed by atoms with van der Waals surface area (Å²) in [7, 11) is 0. The number of hydrogen-bond donors (Lipinski definition) is 3. The third-order valence-electron chi connectivity index (χ3n) is 7.62. The molecule has 0 bridgehead atoms. The first-order valence-electron chi connectivity index (χ1n) is 14.5. The molecule has 0 saturated heterocycles. The first kappa shape index (κ1) is 28.8. The molecule has 2 heterocycles. The number of hydrogen-bond acceptors (Lipinski definition) is 5. The lowest BCUT2D eigenvalue weighted by molar-refractivity contribution is 0.0935. The molecule has 1 atom stereocenters. The number of carbonyl (C=O) groups is 1. The molecule has 214 valence electrons. The van der Waals surface area contributed by atoms with E-state index in [1.54, 1.807) is 18.5 Å². The molecule has 1 amide bonds. The number of amides is 1. The number of aliphatic imine (C=N–C) groups is 1. The third-order valence-corrected chi connectivity index (χ3v) is 7.62. The van der Waals surface area contributed by atoms with Gasteiger partial charge >= 0.3 is 0 Å². The minimum atomic E-state index is -0.176. The van der Waals surface area contributed by atoms with Crippen molar-refractivity contribution in [1.29, 1.82) is 0 Å². The number of aromatic amines is 1. The third kappa shape index (κ3) is 6.42. The maximum Gasteiger partial charge on any atom is 0.251 e. The van der Waals surface area contributed by atoms with E-state index >= 15 is 0 Å². The Morgan fingerprint density at radius 1 is 0.929 bits per heavy atom. The van der Waals surface area contributed by atoms with Crippen LogP contribution >= 0.6 is 0 Å². The number of fused-ring (bicyclic) bond motifs is 1. The van der Waals surface area contributed by atoms with Gasteiger partial charge in [-0.1, -0.05) is 63.2 Å². The van der Waals surface area contributed by atoms with Crippen molar-refractivity contribution in [3.8, 4) is 5.88 Å². The summed E-state index contributed by atoms with van der Waals surface area (Å²) in [5.74, 6) is -0.183. The molecule has 5 aromatic rings. The summed E-state index contributed by atoms with van der Waals surface area (Å²) in [5.41, 5.74) is 6.19. The van der Waals surface area contributed by atoms with Gasteiger partial charge in [-0.25, -0.2) is 4.99 Å². The average molecular weight is 560 g/mol. The van der Waals surface area contributed by atoms with E-state index in [0.29, 0.717) is 27.7 Å². The molecule has 0 aliphatic rings. The predicted octanol–water partition coefficient (Wildman–Crippen LogP) is 7.16. The lowest BCUT2D eigenvalue weighted by Gasteiger charge is -2.18. The minimum absolute atomic E-state index is 0.00741. The summed E-state index contributed by atoms with van der Waals surface area (Å²) in [6.07, 6.45) is 4.18. The summed E-state index contributed by atoms with van der Waals surface area (Å²) >= 11 is 0. The number of aromatic nitrogens is 2. The van der Waals surface area contributed by atoms with E-state index in [1.165, 1.54) is 5.56 Å². The summed E-state index contributed by atoms with van der Waals surface area (Å²) in [6, 6.07) is 27.2. The van der Waals surface area contributed by atoms with Gasteiger partial charge in [0.15, 0.2) is 5.88 Å². The summed E-state index contributed by atoms with van der Waals surface area (Å²) in [6.45, 7) is 9.25. The molecule has 5 rings (SSSR count). The van der Waals surface area contributed by atoms with Crippen LogP contribution in [0, 0.1) is 0 Å². The first-order valence-corrected chi connectivity index (χ1v) is 14.5. The topological polar surface area (TPSA) is 93.6 Å². The number of benzene rings is 3. The number of H-pyrrole nitrogens is 1. The number of carbonyl (C=O) groups excluding carboxylic acids is 1. The fraction of sp³-hybridized carbons (Fsp3) is 0.229. The van der Waals surface area contributed by atoms with Crippen molar-refractivity contribution in [2.75, 3.05) is 13.1 Å². The van der Waals surface area contributed by atoms with E-state index in [9.17, 15) is 9.90 Å². The molecule has 0 saturated carbocycles. The van der Waals surface area contributed by atoms with Crippen molar-refractivity contribution in [3.05, 3.63) is 125 Å². The van der Waals surface area contributed by atoms with Crippen LogP contribution in [0.15, 0.2) is 102 Å². The Hall–Kier alpha value is -4.75. The van der Waals surface area contributed by atoms with Crippen LogP contribution in [-0.2, 0) is 6.54 Å². The van der Waals surface area contributed by atoms with Gasteiger partial charge in [0, 0.05) is 41.0 Å². The van der Waals surface area contributed by atoms with Crippen molar-refractivity contribution in [2.45, 2.75) is 39.8 Å². The molecule has 7 nitrogen and oxygen atoms in total. The maximum absolute atomic E-state index is 13.4. The molecular formula is C35H37N5O2. The Labute approximate surface area is 247 Å². The molecule has 0 unspecified atom stereocenters.